The first kappa shape index (κ1) is 15.0. The van der Waals surface area contributed by atoms with Crippen molar-refractivity contribution in [2.24, 2.45) is 0 Å². The van der Waals surface area contributed by atoms with Crippen LogP contribution in [0.1, 0.15) is 15.9 Å². The van der Waals surface area contributed by atoms with Crippen LogP contribution < -0.4 is 0 Å². The molecule has 0 fully saturated rings. The molecular formula is C15H13ClN2O3. The van der Waals surface area contributed by atoms with E-state index in [0.717, 1.165) is 0 Å². The van der Waals surface area contributed by atoms with Crippen molar-refractivity contribution in [2.45, 2.75) is 6.54 Å². The Balaban J connectivity index is 2.25. The Kier molecular flexibility index (Phi) is 4.90. The van der Waals surface area contributed by atoms with Gasteiger partial charge in [-0.2, -0.15) is 0 Å². The molecule has 0 bridgehead atoms. The van der Waals surface area contributed by atoms with E-state index in [9.17, 15) is 9.59 Å². The van der Waals surface area contributed by atoms with E-state index in [4.69, 9.17) is 16.7 Å². The summed E-state index contributed by atoms with van der Waals surface area (Å²) < 4.78 is 0. The topological polar surface area (TPSA) is 70.5 Å². The third kappa shape index (κ3) is 4.03. The summed E-state index contributed by atoms with van der Waals surface area (Å²) in [5.41, 5.74) is 1.03. The molecule has 1 heterocycles. The summed E-state index contributed by atoms with van der Waals surface area (Å²) in [5.74, 6) is -1.48. The van der Waals surface area contributed by atoms with Crippen LogP contribution in [0.5, 0.6) is 0 Å². The molecule has 5 nitrogen and oxygen atoms in total. The van der Waals surface area contributed by atoms with Crippen molar-refractivity contribution >= 4 is 23.5 Å². The van der Waals surface area contributed by atoms with E-state index in [-0.39, 0.29) is 6.54 Å². The second-order valence-electron chi connectivity index (χ2n) is 4.39. The molecule has 21 heavy (non-hydrogen) atoms. The van der Waals surface area contributed by atoms with Crippen LogP contribution in [-0.2, 0) is 11.3 Å². The number of amides is 1. The molecule has 1 aromatic carbocycles. The fourth-order valence-corrected chi connectivity index (χ4v) is 2.06. The van der Waals surface area contributed by atoms with Crippen LogP contribution in [-0.4, -0.2) is 33.4 Å². The summed E-state index contributed by atoms with van der Waals surface area (Å²) in [6.45, 7) is -0.279. The van der Waals surface area contributed by atoms with Crippen LogP contribution >= 0.6 is 11.6 Å². The van der Waals surface area contributed by atoms with E-state index >= 15 is 0 Å². The Bertz CT molecular complexity index is 646. The van der Waals surface area contributed by atoms with Crippen LogP contribution in [0.15, 0.2) is 48.8 Å². The van der Waals surface area contributed by atoms with Crippen molar-refractivity contribution in [1.82, 2.24) is 9.88 Å². The molecule has 0 aliphatic carbocycles. The van der Waals surface area contributed by atoms with Crippen molar-refractivity contribution in [3.8, 4) is 0 Å². The van der Waals surface area contributed by atoms with E-state index in [2.05, 4.69) is 4.98 Å². The molecule has 0 unspecified atom stereocenters. The van der Waals surface area contributed by atoms with Gasteiger partial charge in [0.05, 0.1) is 5.56 Å². The van der Waals surface area contributed by atoms with E-state index in [1.807, 2.05) is 0 Å². The number of pyridine rings is 1. The lowest BCUT2D eigenvalue weighted by Gasteiger charge is -2.21. The van der Waals surface area contributed by atoms with Crippen molar-refractivity contribution < 1.29 is 14.7 Å². The fourth-order valence-electron chi connectivity index (χ4n) is 1.87. The Labute approximate surface area is 126 Å². The molecule has 0 atom stereocenters. The van der Waals surface area contributed by atoms with E-state index < -0.39 is 18.4 Å². The maximum absolute atomic E-state index is 12.4. The van der Waals surface area contributed by atoms with Gasteiger partial charge in [0.15, 0.2) is 0 Å². The van der Waals surface area contributed by atoms with Crippen LogP contribution in [0, 0.1) is 0 Å². The molecule has 1 N–H and O–H groups in total. The number of benzene rings is 1. The molecule has 2 rings (SSSR count). The van der Waals surface area contributed by atoms with E-state index in [1.165, 1.54) is 11.1 Å². The average Bonchev–Trinajstić information content (AvgIpc) is 2.48. The highest BCUT2D eigenvalue weighted by Crippen LogP contribution is 2.18. The number of carbonyl (C=O) groups excluding carboxylic acids is 1. The first-order valence-electron chi connectivity index (χ1n) is 6.22. The standard InChI is InChI=1S/C15H13ClN2O3/c16-13-6-2-1-4-12(13)9-18(10-14(19)20)15(21)11-5-3-7-17-8-11/h1-8H,9-10H2,(H,19,20). The molecule has 1 aromatic heterocycles. The zero-order valence-corrected chi connectivity index (χ0v) is 11.8. The average molecular weight is 305 g/mol. The minimum absolute atomic E-state index is 0.125. The van der Waals surface area contributed by atoms with Gasteiger partial charge in [-0.3, -0.25) is 14.6 Å². The quantitative estimate of drug-likeness (QED) is 0.921. The van der Waals surface area contributed by atoms with Crippen molar-refractivity contribution in [2.75, 3.05) is 6.54 Å². The van der Waals surface area contributed by atoms with Crippen LogP contribution in [0.25, 0.3) is 0 Å². The number of aromatic nitrogens is 1. The predicted octanol–water partition coefficient (Wildman–Crippen LogP) is 2.46. The Hall–Kier alpha value is -2.40. The van der Waals surface area contributed by atoms with Gasteiger partial charge >= 0.3 is 5.97 Å². The SMILES string of the molecule is O=C(O)CN(Cc1ccccc1Cl)C(=O)c1cccnc1. The van der Waals surface area contributed by atoms with Gasteiger partial charge in [-0.15, -0.1) is 0 Å². The summed E-state index contributed by atoms with van der Waals surface area (Å²) in [6, 6.07) is 10.2. The van der Waals surface area contributed by atoms with E-state index in [0.29, 0.717) is 16.1 Å². The lowest BCUT2D eigenvalue weighted by Crippen LogP contribution is -2.35. The number of aliphatic carboxylic acids is 1. The number of hydrogen-bond donors (Lipinski definition) is 1. The predicted molar refractivity (Wildman–Crippen MR) is 78.1 cm³/mol. The first-order chi connectivity index (χ1) is 10.1. The van der Waals surface area contributed by atoms with E-state index in [1.54, 1.807) is 42.6 Å². The number of carboxylic acid groups (broad SMARTS) is 1. The largest absolute Gasteiger partial charge is 0.480 e. The lowest BCUT2D eigenvalue weighted by molar-refractivity contribution is -0.137. The zero-order valence-electron chi connectivity index (χ0n) is 11.1. The van der Waals surface area contributed by atoms with Gasteiger partial charge in [-0.05, 0) is 23.8 Å². The summed E-state index contributed by atoms with van der Waals surface area (Å²) in [5, 5.41) is 9.48. The summed E-state index contributed by atoms with van der Waals surface area (Å²) in [4.78, 5) is 28.4. The number of hydrogen-bond acceptors (Lipinski definition) is 3. The molecule has 0 aliphatic rings. The highest BCUT2D eigenvalue weighted by molar-refractivity contribution is 6.31. The van der Waals surface area contributed by atoms with Gasteiger partial charge in [0.25, 0.3) is 5.91 Å². The van der Waals surface area contributed by atoms with Gasteiger partial charge in [0.2, 0.25) is 0 Å². The molecule has 0 aliphatic heterocycles. The van der Waals surface area contributed by atoms with Gasteiger partial charge < -0.3 is 10.0 Å². The molecule has 0 saturated carbocycles. The Morgan fingerprint density at radius 1 is 1.19 bits per heavy atom. The van der Waals surface area contributed by atoms with Crippen molar-refractivity contribution in [3.63, 3.8) is 0 Å². The van der Waals surface area contributed by atoms with Crippen molar-refractivity contribution in [1.29, 1.82) is 0 Å². The highest BCUT2D eigenvalue weighted by Gasteiger charge is 2.19. The maximum atomic E-state index is 12.4. The third-order valence-corrected chi connectivity index (χ3v) is 3.21. The molecule has 1 amide bonds. The summed E-state index contributed by atoms with van der Waals surface area (Å²) in [7, 11) is 0. The Morgan fingerprint density at radius 2 is 1.95 bits per heavy atom. The number of rotatable bonds is 5. The van der Waals surface area contributed by atoms with Gasteiger partial charge in [-0.25, -0.2) is 0 Å². The lowest BCUT2D eigenvalue weighted by atomic mass is 10.2. The first-order valence-corrected chi connectivity index (χ1v) is 6.60. The smallest absolute Gasteiger partial charge is 0.323 e. The van der Waals surface area contributed by atoms with Gasteiger partial charge in [-0.1, -0.05) is 29.8 Å². The van der Waals surface area contributed by atoms with Crippen LogP contribution in [0.2, 0.25) is 5.02 Å². The summed E-state index contributed by atoms with van der Waals surface area (Å²) >= 11 is 6.06. The normalized spacial score (nSPS) is 10.1. The second kappa shape index (κ2) is 6.85. The van der Waals surface area contributed by atoms with Gasteiger partial charge in [0.1, 0.15) is 6.54 Å². The van der Waals surface area contributed by atoms with Crippen molar-refractivity contribution in [3.05, 3.63) is 64.9 Å². The second-order valence-corrected chi connectivity index (χ2v) is 4.80. The fraction of sp³-hybridized carbons (Fsp3) is 0.133. The molecular weight excluding hydrogens is 292 g/mol. The highest BCUT2D eigenvalue weighted by atomic mass is 35.5. The zero-order chi connectivity index (χ0) is 15.2. The third-order valence-electron chi connectivity index (χ3n) is 2.84. The maximum Gasteiger partial charge on any atom is 0.323 e. The monoisotopic (exact) mass is 304 g/mol. The Morgan fingerprint density at radius 3 is 2.57 bits per heavy atom. The van der Waals surface area contributed by atoms with Crippen LogP contribution in [0.3, 0.4) is 0 Å². The minimum Gasteiger partial charge on any atom is -0.480 e. The minimum atomic E-state index is -1.08. The van der Waals surface area contributed by atoms with Crippen LogP contribution in [0.4, 0.5) is 0 Å². The molecule has 2 aromatic rings. The molecule has 108 valence electrons. The number of nitrogens with zero attached hydrogens (tertiary/aromatic N) is 2. The molecule has 0 saturated heterocycles. The van der Waals surface area contributed by atoms with Gasteiger partial charge in [0, 0.05) is 24.0 Å². The number of carboxylic acids is 1. The summed E-state index contributed by atoms with van der Waals surface area (Å²) in [6.07, 6.45) is 2.95. The molecule has 0 spiro atoms. The number of carbonyl (C=O) groups is 2. The molecule has 0 radical (unpaired) electrons. The number of halogens is 1. The molecule has 6 heteroatoms.